The van der Waals surface area contributed by atoms with E-state index >= 15 is 0 Å². The minimum absolute atomic E-state index is 0.196. The average molecular weight is 259 g/mol. The third-order valence-corrected chi connectivity index (χ3v) is 2.21. The molecular weight excluding hydrogens is 247 g/mol. The Labute approximate surface area is 102 Å². The van der Waals surface area contributed by atoms with E-state index in [0.29, 0.717) is 5.69 Å². The topological polar surface area (TPSA) is 59.6 Å². The summed E-state index contributed by atoms with van der Waals surface area (Å²) in [5.74, 6) is -0.103. The maximum absolute atomic E-state index is 12.0. The van der Waals surface area contributed by atoms with Crippen LogP contribution in [0.2, 0.25) is 0 Å². The number of alkyl halides is 3. The van der Waals surface area contributed by atoms with Crippen LogP contribution in [-0.2, 0) is 0 Å². The zero-order chi connectivity index (χ0) is 13.2. The van der Waals surface area contributed by atoms with Gasteiger partial charge in [-0.15, -0.1) is 13.2 Å². The van der Waals surface area contributed by atoms with Gasteiger partial charge in [-0.2, -0.15) is 0 Å². The molecule has 0 heterocycles. The van der Waals surface area contributed by atoms with Crippen molar-refractivity contribution < 1.29 is 17.9 Å². The minimum Gasteiger partial charge on any atom is -0.406 e. The smallest absolute Gasteiger partial charge is 0.406 e. The molecule has 2 rings (SSSR count). The summed E-state index contributed by atoms with van der Waals surface area (Å²) < 4.78 is 39.9. The molecule has 0 saturated heterocycles. The van der Waals surface area contributed by atoms with E-state index in [4.69, 9.17) is 5.73 Å². The molecule has 4 nitrogen and oxygen atoms in total. The number of nitrogens with one attached hydrogen (secondary N) is 1. The second-order valence-corrected chi connectivity index (χ2v) is 3.95. The van der Waals surface area contributed by atoms with E-state index in [1.54, 1.807) is 6.07 Å². The van der Waals surface area contributed by atoms with Gasteiger partial charge in [-0.05, 0) is 25.0 Å². The molecule has 0 aromatic heterocycles. The Kier molecular flexibility index (Phi) is 3.31. The molecule has 0 atom stereocenters. The lowest BCUT2D eigenvalue weighted by Crippen LogP contribution is -2.23. The molecule has 0 radical (unpaired) electrons. The van der Waals surface area contributed by atoms with Crippen LogP contribution in [0, 0.1) is 0 Å². The number of halogens is 3. The molecule has 7 heteroatoms. The van der Waals surface area contributed by atoms with E-state index in [9.17, 15) is 13.2 Å². The summed E-state index contributed by atoms with van der Waals surface area (Å²) in [7, 11) is 0. The van der Waals surface area contributed by atoms with Crippen molar-refractivity contribution in [1.29, 1.82) is 0 Å². The van der Waals surface area contributed by atoms with Crippen LogP contribution in [0.3, 0.4) is 0 Å². The Hall–Kier alpha value is -1.92. The summed E-state index contributed by atoms with van der Waals surface area (Å²) >= 11 is 0. The van der Waals surface area contributed by atoms with Gasteiger partial charge in [-0.3, -0.25) is 0 Å². The van der Waals surface area contributed by atoms with Crippen molar-refractivity contribution in [3.8, 4) is 5.75 Å². The summed E-state index contributed by atoms with van der Waals surface area (Å²) in [5, 5.41) is 2.72. The second-order valence-electron chi connectivity index (χ2n) is 3.95. The van der Waals surface area contributed by atoms with Crippen molar-refractivity contribution in [3.63, 3.8) is 0 Å². The summed E-state index contributed by atoms with van der Waals surface area (Å²) in [4.78, 5) is 4.11. The van der Waals surface area contributed by atoms with Crippen molar-refractivity contribution in [2.45, 2.75) is 25.2 Å². The van der Waals surface area contributed by atoms with Crippen LogP contribution in [0.15, 0.2) is 29.3 Å². The molecule has 18 heavy (non-hydrogen) atoms. The Bertz CT molecular complexity index is 455. The van der Waals surface area contributed by atoms with Crippen LogP contribution in [-0.4, -0.2) is 18.4 Å². The summed E-state index contributed by atoms with van der Waals surface area (Å²) in [6.45, 7) is 0. The fourth-order valence-corrected chi connectivity index (χ4v) is 1.35. The first kappa shape index (κ1) is 12.5. The summed E-state index contributed by atoms with van der Waals surface area (Å²) in [5.41, 5.74) is 6.00. The van der Waals surface area contributed by atoms with Crippen LogP contribution < -0.4 is 15.8 Å². The molecule has 0 unspecified atom stereocenters. The molecular formula is C11H12F3N3O. The van der Waals surface area contributed by atoms with Gasteiger partial charge in [0.1, 0.15) is 5.75 Å². The van der Waals surface area contributed by atoms with E-state index < -0.39 is 6.36 Å². The van der Waals surface area contributed by atoms with Crippen LogP contribution in [0.4, 0.5) is 18.9 Å². The first-order valence-electron chi connectivity index (χ1n) is 5.38. The van der Waals surface area contributed by atoms with E-state index in [1.807, 2.05) is 0 Å². The normalized spacial score (nSPS) is 16.5. The predicted molar refractivity (Wildman–Crippen MR) is 61.4 cm³/mol. The third kappa shape index (κ3) is 4.15. The van der Waals surface area contributed by atoms with Gasteiger partial charge in [0, 0.05) is 11.8 Å². The number of ether oxygens (including phenoxy) is 1. The highest BCUT2D eigenvalue weighted by Gasteiger charge is 2.31. The number of nitrogens with two attached hydrogens (primary N) is 1. The summed E-state index contributed by atoms with van der Waals surface area (Å²) in [6.07, 6.45) is -2.70. The van der Waals surface area contributed by atoms with Crippen LogP contribution in [0.25, 0.3) is 0 Å². The van der Waals surface area contributed by atoms with E-state index in [0.717, 1.165) is 12.8 Å². The molecule has 1 aliphatic carbocycles. The second kappa shape index (κ2) is 4.75. The Morgan fingerprint density at radius 1 is 1.39 bits per heavy atom. The molecule has 0 amide bonds. The van der Waals surface area contributed by atoms with Gasteiger partial charge in [0.2, 0.25) is 0 Å². The fraction of sp³-hybridized carbons (Fsp3) is 0.364. The number of benzene rings is 1. The maximum Gasteiger partial charge on any atom is 0.573 e. The first-order chi connectivity index (χ1) is 8.42. The number of anilines is 1. The standard InChI is InChI=1S/C11H12F3N3O/c12-11(13,14)18-9-3-1-2-8(6-9)17-10(15)16-7-4-5-7/h1-3,6-7H,4-5H2,(H3,15,16,17). The number of rotatable bonds is 3. The number of guanidine groups is 1. The van der Waals surface area contributed by atoms with Crippen molar-refractivity contribution in [1.82, 2.24) is 0 Å². The van der Waals surface area contributed by atoms with Gasteiger partial charge in [0.05, 0.1) is 6.04 Å². The van der Waals surface area contributed by atoms with Gasteiger partial charge >= 0.3 is 6.36 Å². The van der Waals surface area contributed by atoms with Crippen molar-refractivity contribution in [2.75, 3.05) is 5.32 Å². The van der Waals surface area contributed by atoms with Gasteiger partial charge in [-0.25, -0.2) is 4.99 Å². The zero-order valence-corrected chi connectivity index (χ0v) is 9.37. The zero-order valence-electron chi connectivity index (χ0n) is 9.37. The van der Waals surface area contributed by atoms with Gasteiger partial charge < -0.3 is 15.8 Å². The van der Waals surface area contributed by atoms with Crippen LogP contribution in [0.1, 0.15) is 12.8 Å². The lowest BCUT2D eigenvalue weighted by atomic mass is 10.3. The maximum atomic E-state index is 12.0. The first-order valence-corrected chi connectivity index (χ1v) is 5.38. The highest BCUT2D eigenvalue weighted by molar-refractivity contribution is 5.92. The number of hydrogen-bond donors (Lipinski definition) is 2. The van der Waals surface area contributed by atoms with Crippen LogP contribution in [0.5, 0.6) is 5.75 Å². The van der Waals surface area contributed by atoms with Crippen LogP contribution >= 0.6 is 0 Å². The van der Waals surface area contributed by atoms with Gasteiger partial charge in [0.15, 0.2) is 5.96 Å². The van der Waals surface area contributed by atoms with Gasteiger partial charge in [-0.1, -0.05) is 6.07 Å². The average Bonchev–Trinajstić information content (AvgIpc) is 2.98. The van der Waals surface area contributed by atoms with Gasteiger partial charge in [0.25, 0.3) is 0 Å². The van der Waals surface area contributed by atoms with Crippen molar-refractivity contribution in [2.24, 2.45) is 10.7 Å². The lowest BCUT2D eigenvalue weighted by Gasteiger charge is -2.10. The molecule has 1 aliphatic rings. The number of aliphatic imine (C=N–C) groups is 1. The molecule has 0 spiro atoms. The third-order valence-electron chi connectivity index (χ3n) is 2.21. The van der Waals surface area contributed by atoms with E-state index in [2.05, 4.69) is 15.0 Å². The SMILES string of the molecule is NC(=NC1CC1)Nc1cccc(OC(F)(F)F)c1. The molecule has 0 bridgehead atoms. The molecule has 1 saturated carbocycles. The fourth-order valence-electron chi connectivity index (χ4n) is 1.35. The molecule has 1 aromatic carbocycles. The predicted octanol–water partition coefficient (Wildman–Crippen LogP) is 2.47. The molecule has 98 valence electrons. The Balaban J connectivity index is 2.02. The van der Waals surface area contributed by atoms with Crippen molar-refractivity contribution in [3.05, 3.63) is 24.3 Å². The highest BCUT2D eigenvalue weighted by atomic mass is 19.4. The number of hydrogen-bond acceptors (Lipinski definition) is 2. The monoisotopic (exact) mass is 259 g/mol. The lowest BCUT2D eigenvalue weighted by molar-refractivity contribution is -0.274. The molecule has 3 N–H and O–H groups in total. The minimum atomic E-state index is -4.70. The molecule has 1 aromatic rings. The highest BCUT2D eigenvalue weighted by Crippen LogP contribution is 2.26. The number of nitrogens with zero attached hydrogens (tertiary/aromatic N) is 1. The molecule has 1 fully saturated rings. The Morgan fingerprint density at radius 3 is 2.72 bits per heavy atom. The Morgan fingerprint density at radius 2 is 2.11 bits per heavy atom. The van der Waals surface area contributed by atoms with E-state index in [-0.39, 0.29) is 17.8 Å². The quantitative estimate of drug-likeness (QED) is 0.647. The molecule has 0 aliphatic heterocycles. The van der Waals surface area contributed by atoms with Crippen molar-refractivity contribution >= 4 is 11.6 Å². The van der Waals surface area contributed by atoms with E-state index in [1.165, 1.54) is 18.2 Å². The largest absolute Gasteiger partial charge is 0.573 e. The summed E-state index contributed by atoms with van der Waals surface area (Å²) in [6, 6.07) is 5.69.